The summed E-state index contributed by atoms with van der Waals surface area (Å²) in [7, 11) is 0. The van der Waals surface area contributed by atoms with Crippen molar-refractivity contribution in [1.29, 1.82) is 0 Å². The molecule has 2 heterocycles. The molecule has 0 aromatic carbocycles. The quantitative estimate of drug-likeness (QED) is 0.242. The largest absolute Gasteiger partial charge is 0.379 e. The second kappa shape index (κ2) is 19.3. The van der Waals surface area contributed by atoms with Crippen molar-refractivity contribution < 1.29 is 28.5 Å². The summed E-state index contributed by atoms with van der Waals surface area (Å²) >= 11 is 0. The molecule has 1 aromatic rings. The molecule has 0 saturated carbocycles. The first-order chi connectivity index (χ1) is 18.9. The zero-order valence-electron chi connectivity index (χ0n) is 24.7. The molecule has 0 unspecified atom stereocenters. The molecule has 0 bridgehead atoms. The van der Waals surface area contributed by atoms with Crippen LogP contribution in [0.25, 0.3) is 0 Å². The van der Waals surface area contributed by atoms with Crippen molar-refractivity contribution >= 4 is 11.7 Å². The third-order valence-corrected chi connectivity index (χ3v) is 6.64. The third-order valence-electron chi connectivity index (χ3n) is 6.64. The fraction of sp³-hybridized carbons (Fsp3) is 0.828. The van der Waals surface area contributed by atoms with Crippen LogP contribution in [-0.2, 0) is 28.5 Å². The number of carbonyl (C=O) groups excluding carboxylic acids is 1. The first kappa shape index (κ1) is 33.4. The van der Waals surface area contributed by atoms with Crippen molar-refractivity contribution in [3.8, 4) is 0 Å². The number of ether oxygens (including phenoxy) is 5. The van der Waals surface area contributed by atoms with E-state index < -0.39 is 24.1 Å². The number of rotatable bonds is 19. The van der Waals surface area contributed by atoms with Gasteiger partial charge in [-0.2, -0.15) is 4.98 Å². The predicted octanol–water partition coefficient (Wildman–Crippen LogP) is 4.86. The normalized spacial score (nSPS) is 23.5. The van der Waals surface area contributed by atoms with Crippen molar-refractivity contribution in [2.24, 2.45) is 0 Å². The molecule has 10 nitrogen and oxygen atoms in total. The van der Waals surface area contributed by atoms with E-state index in [2.05, 4.69) is 38.0 Å². The van der Waals surface area contributed by atoms with Gasteiger partial charge in [0.25, 0.3) is 0 Å². The van der Waals surface area contributed by atoms with E-state index in [9.17, 15) is 9.59 Å². The first-order valence-corrected chi connectivity index (χ1v) is 14.9. The van der Waals surface area contributed by atoms with Crippen LogP contribution in [0, 0.1) is 0 Å². The van der Waals surface area contributed by atoms with E-state index in [0.717, 1.165) is 51.4 Å². The Balaban J connectivity index is 2.45. The molecule has 1 N–H and O–H groups in total. The van der Waals surface area contributed by atoms with Crippen LogP contribution in [0.3, 0.4) is 0 Å². The molecule has 0 spiro atoms. The Kier molecular flexibility index (Phi) is 16.5. The lowest BCUT2D eigenvalue weighted by atomic mass is 10.0. The van der Waals surface area contributed by atoms with Crippen molar-refractivity contribution in [1.82, 2.24) is 9.55 Å². The molecule has 0 radical (unpaired) electrons. The van der Waals surface area contributed by atoms with Gasteiger partial charge in [0.2, 0.25) is 5.91 Å². The second-order valence-corrected chi connectivity index (χ2v) is 10.1. The van der Waals surface area contributed by atoms with E-state index in [4.69, 9.17) is 23.7 Å². The van der Waals surface area contributed by atoms with Gasteiger partial charge in [-0.15, -0.1) is 0 Å². The number of nitrogens with zero attached hydrogens (tertiary/aromatic N) is 2. The van der Waals surface area contributed by atoms with E-state index >= 15 is 0 Å². The molecule has 1 aromatic heterocycles. The minimum atomic E-state index is -0.667. The summed E-state index contributed by atoms with van der Waals surface area (Å²) in [6.07, 6.45) is 7.47. The number of hydrogen-bond donors (Lipinski definition) is 1. The van der Waals surface area contributed by atoms with Crippen molar-refractivity contribution in [3.05, 3.63) is 22.7 Å². The molecule has 1 amide bonds. The number of aromatic nitrogens is 2. The van der Waals surface area contributed by atoms with Gasteiger partial charge in [0.05, 0.1) is 12.7 Å². The number of unbranched alkanes of at least 4 members (excludes halogenated alkanes) is 4. The van der Waals surface area contributed by atoms with Crippen molar-refractivity contribution in [2.45, 2.75) is 123 Å². The maximum atomic E-state index is 13.1. The van der Waals surface area contributed by atoms with Gasteiger partial charge in [0.1, 0.15) is 30.4 Å². The lowest BCUT2D eigenvalue weighted by Gasteiger charge is -2.34. The molecule has 1 aliphatic heterocycles. The van der Waals surface area contributed by atoms with Crippen LogP contribution in [0.1, 0.15) is 98.6 Å². The number of hydrogen-bond acceptors (Lipinski definition) is 8. The summed E-state index contributed by atoms with van der Waals surface area (Å²) in [5.41, 5.74) is -0.516. The monoisotopic (exact) mass is 553 g/mol. The molecule has 1 saturated heterocycles. The van der Waals surface area contributed by atoms with Crippen LogP contribution in [0.5, 0.6) is 0 Å². The molecule has 39 heavy (non-hydrogen) atoms. The summed E-state index contributed by atoms with van der Waals surface area (Å²) < 4.78 is 33.5. The Labute approximate surface area is 234 Å². The van der Waals surface area contributed by atoms with Gasteiger partial charge < -0.3 is 29.0 Å². The maximum Gasteiger partial charge on any atom is 0.351 e. The molecule has 2 rings (SSSR count). The summed E-state index contributed by atoms with van der Waals surface area (Å²) in [5, 5.41) is 2.56. The fourth-order valence-electron chi connectivity index (χ4n) is 4.41. The van der Waals surface area contributed by atoms with E-state index in [1.54, 1.807) is 12.3 Å². The van der Waals surface area contributed by atoms with Crippen LogP contribution in [0.4, 0.5) is 5.82 Å². The number of anilines is 1. The molecule has 10 heteroatoms. The van der Waals surface area contributed by atoms with Gasteiger partial charge in [0.15, 0.2) is 0 Å². The van der Waals surface area contributed by atoms with E-state index in [-0.39, 0.29) is 23.9 Å². The number of amides is 1. The van der Waals surface area contributed by atoms with Gasteiger partial charge in [0, 0.05) is 46.0 Å². The zero-order valence-corrected chi connectivity index (χ0v) is 24.7. The Morgan fingerprint density at radius 3 is 2.13 bits per heavy atom. The molecule has 1 fully saturated rings. The summed E-state index contributed by atoms with van der Waals surface area (Å²) in [4.78, 5) is 28.6. The van der Waals surface area contributed by atoms with Crippen LogP contribution >= 0.6 is 0 Å². The van der Waals surface area contributed by atoms with Crippen LogP contribution < -0.4 is 11.0 Å². The van der Waals surface area contributed by atoms with Gasteiger partial charge >= 0.3 is 5.69 Å². The second-order valence-electron chi connectivity index (χ2n) is 10.1. The molecule has 224 valence electrons. The summed E-state index contributed by atoms with van der Waals surface area (Å²) in [6, 6.07) is 1.60. The van der Waals surface area contributed by atoms with Gasteiger partial charge in [-0.25, -0.2) is 4.79 Å². The van der Waals surface area contributed by atoms with Crippen molar-refractivity contribution in [2.75, 3.05) is 38.4 Å². The highest BCUT2D eigenvalue weighted by Crippen LogP contribution is 2.32. The zero-order chi connectivity index (χ0) is 28.5. The lowest BCUT2D eigenvalue weighted by molar-refractivity contribution is -0.176. The Morgan fingerprint density at radius 2 is 1.54 bits per heavy atom. The molecule has 5 atom stereocenters. The van der Waals surface area contributed by atoms with Crippen LogP contribution in [-0.4, -0.2) is 72.9 Å². The highest BCUT2D eigenvalue weighted by molar-refractivity contribution is 5.87. The lowest BCUT2D eigenvalue weighted by Crippen LogP contribution is -2.49. The first-order valence-electron chi connectivity index (χ1n) is 14.9. The third kappa shape index (κ3) is 11.7. The maximum absolute atomic E-state index is 13.1. The number of carbonyl (C=O) groups is 1. The number of nitrogens with one attached hydrogen (secondary N) is 1. The fourth-order valence-corrected chi connectivity index (χ4v) is 4.41. The Morgan fingerprint density at radius 1 is 0.949 bits per heavy atom. The topological polar surface area (TPSA) is 110 Å². The minimum absolute atomic E-state index is 0.203. The van der Waals surface area contributed by atoms with Crippen LogP contribution in [0.15, 0.2) is 17.1 Å². The van der Waals surface area contributed by atoms with E-state index in [0.29, 0.717) is 39.5 Å². The smallest absolute Gasteiger partial charge is 0.351 e. The molecular weight excluding hydrogens is 502 g/mol. The molecule has 0 aliphatic carbocycles. The molecular formula is C29H51N3O7. The predicted molar refractivity (Wildman–Crippen MR) is 151 cm³/mol. The summed E-state index contributed by atoms with van der Waals surface area (Å²) in [6.45, 7) is 12.6. The van der Waals surface area contributed by atoms with Gasteiger partial charge in [-0.3, -0.25) is 9.36 Å². The molecule has 1 aliphatic rings. The van der Waals surface area contributed by atoms with E-state index in [1.165, 1.54) is 11.5 Å². The van der Waals surface area contributed by atoms with Gasteiger partial charge in [-0.05, 0) is 31.7 Å². The minimum Gasteiger partial charge on any atom is -0.379 e. The highest BCUT2D eigenvalue weighted by atomic mass is 16.6. The summed E-state index contributed by atoms with van der Waals surface area (Å²) in [5.74, 6) is -0.0905. The van der Waals surface area contributed by atoms with Crippen molar-refractivity contribution in [3.63, 3.8) is 0 Å². The van der Waals surface area contributed by atoms with Gasteiger partial charge in [-0.1, -0.05) is 53.4 Å². The Hall–Kier alpha value is -1.85. The Bertz CT molecular complexity index is 866. The average molecular weight is 554 g/mol. The van der Waals surface area contributed by atoms with Crippen LogP contribution in [0.2, 0.25) is 0 Å². The highest BCUT2D eigenvalue weighted by Gasteiger charge is 2.44. The average Bonchev–Trinajstić information content (AvgIpc) is 3.04. The SMILES string of the molecule is CCCCOC[C@H]1O[C@@H](n2ccc(NC(C)=O)nc2=O)C[C@H](OCCCC)[C@H](OCCCC)[C@@H]1OCCCC. The van der Waals surface area contributed by atoms with E-state index in [1.807, 2.05) is 0 Å². The standard InChI is InChI=1S/C29H51N3O7/c1-6-10-16-35-21-24-28(38-19-13-9-4)27(37-18-12-8-3)23(36-17-11-7-2)20-26(39-24)32-15-14-25(30-22(5)33)31-29(32)34/h14-15,23-24,26-28H,6-13,16-21H2,1-5H3,(H,30,31,33,34)/t23-,24+,26+,27-,28+/m0/s1.